The quantitative estimate of drug-likeness (QED) is 0.749. The van der Waals surface area contributed by atoms with Gasteiger partial charge in [-0.2, -0.15) is 5.10 Å². The van der Waals surface area contributed by atoms with Crippen LogP contribution in [0, 0.1) is 0 Å². The summed E-state index contributed by atoms with van der Waals surface area (Å²) in [5.41, 5.74) is 1.01. The van der Waals surface area contributed by atoms with Crippen molar-refractivity contribution in [3.05, 3.63) is 17.5 Å². The lowest BCUT2D eigenvalue weighted by molar-refractivity contribution is 0.00676. The summed E-state index contributed by atoms with van der Waals surface area (Å²) in [5.74, 6) is -0.296. The minimum atomic E-state index is -0.471. The van der Waals surface area contributed by atoms with Gasteiger partial charge in [0.2, 0.25) is 0 Å². The number of ether oxygens (including phenoxy) is 1. The molecule has 5 heteroatoms. The molecule has 1 N–H and O–H groups in total. The fourth-order valence-corrected chi connectivity index (χ4v) is 1.85. The van der Waals surface area contributed by atoms with Gasteiger partial charge < -0.3 is 10.1 Å². The molecule has 2 rings (SSSR count). The lowest BCUT2D eigenvalue weighted by atomic mass is 10.1. The molecule has 1 aliphatic heterocycles. The second kappa shape index (κ2) is 4.14. The van der Waals surface area contributed by atoms with E-state index in [1.165, 1.54) is 0 Å². The third-order valence-corrected chi connectivity index (χ3v) is 2.63. The molecule has 1 aliphatic rings. The maximum Gasteiger partial charge on any atom is 0.342 e. The van der Waals surface area contributed by atoms with E-state index < -0.39 is 5.60 Å². The summed E-state index contributed by atoms with van der Waals surface area (Å²) < 4.78 is 7.23. The van der Waals surface area contributed by atoms with E-state index in [0.717, 1.165) is 12.2 Å². The van der Waals surface area contributed by atoms with Gasteiger partial charge in [-0.15, -0.1) is 0 Å². The predicted octanol–water partition coefficient (Wildman–Crippen LogP) is 1.33. The topological polar surface area (TPSA) is 56.2 Å². The van der Waals surface area contributed by atoms with Gasteiger partial charge in [0.15, 0.2) is 0 Å². The standard InChI is InChI=1S/C12H19N3O2/c1-8-7-15-10(6-13-8)9(5-14-15)11(16)17-12(2,3)4/h5,8,13H,6-7H2,1-4H3. The van der Waals surface area contributed by atoms with E-state index in [2.05, 4.69) is 17.3 Å². The molecular formula is C12H19N3O2. The molecule has 0 radical (unpaired) electrons. The Balaban J connectivity index is 2.20. The van der Waals surface area contributed by atoms with Crippen molar-refractivity contribution in [2.75, 3.05) is 0 Å². The number of esters is 1. The summed E-state index contributed by atoms with van der Waals surface area (Å²) in [6.07, 6.45) is 1.60. The number of carbonyl (C=O) groups is 1. The largest absolute Gasteiger partial charge is 0.456 e. The van der Waals surface area contributed by atoms with E-state index >= 15 is 0 Å². The monoisotopic (exact) mass is 237 g/mol. The van der Waals surface area contributed by atoms with Crippen molar-refractivity contribution in [3.63, 3.8) is 0 Å². The molecule has 2 heterocycles. The van der Waals surface area contributed by atoms with Gasteiger partial charge in [0, 0.05) is 12.6 Å². The highest BCUT2D eigenvalue weighted by molar-refractivity contribution is 5.90. The van der Waals surface area contributed by atoms with Crippen LogP contribution < -0.4 is 5.32 Å². The molecule has 0 fully saturated rings. The smallest absolute Gasteiger partial charge is 0.342 e. The molecular weight excluding hydrogens is 218 g/mol. The molecule has 1 atom stereocenters. The van der Waals surface area contributed by atoms with E-state index in [1.54, 1.807) is 6.20 Å². The van der Waals surface area contributed by atoms with Crippen LogP contribution in [-0.2, 0) is 17.8 Å². The van der Waals surface area contributed by atoms with Gasteiger partial charge in [0.05, 0.1) is 18.4 Å². The van der Waals surface area contributed by atoms with Crippen molar-refractivity contribution in [1.82, 2.24) is 15.1 Å². The van der Waals surface area contributed by atoms with E-state index in [1.807, 2.05) is 25.5 Å². The van der Waals surface area contributed by atoms with Crippen molar-refractivity contribution >= 4 is 5.97 Å². The van der Waals surface area contributed by atoms with Crippen LogP contribution in [0.1, 0.15) is 43.7 Å². The summed E-state index contributed by atoms with van der Waals surface area (Å²) in [7, 11) is 0. The Kier molecular flexibility index (Phi) is 2.95. The Morgan fingerprint density at radius 1 is 1.59 bits per heavy atom. The Labute approximate surface area is 101 Å². The van der Waals surface area contributed by atoms with Crippen LogP contribution in [0.4, 0.5) is 0 Å². The first-order valence-corrected chi connectivity index (χ1v) is 5.88. The van der Waals surface area contributed by atoms with Gasteiger partial charge in [-0.05, 0) is 27.7 Å². The molecule has 17 heavy (non-hydrogen) atoms. The third kappa shape index (κ3) is 2.66. The Morgan fingerprint density at radius 3 is 2.94 bits per heavy atom. The SMILES string of the molecule is CC1Cn2ncc(C(=O)OC(C)(C)C)c2CN1. The van der Waals surface area contributed by atoms with Gasteiger partial charge >= 0.3 is 5.97 Å². The Bertz CT molecular complexity index is 431. The molecule has 5 nitrogen and oxygen atoms in total. The zero-order valence-electron chi connectivity index (χ0n) is 10.8. The first kappa shape index (κ1) is 12.1. The number of carbonyl (C=O) groups excluding carboxylic acids is 1. The average molecular weight is 237 g/mol. The maximum absolute atomic E-state index is 12.0. The summed E-state index contributed by atoms with van der Waals surface area (Å²) in [6, 6.07) is 0.383. The van der Waals surface area contributed by atoms with Gasteiger partial charge in [-0.3, -0.25) is 4.68 Å². The van der Waals surface area contributed by atoms with Crippen LogP contribution in [-0.4, -0.2) is 27.4 Å². The van der Waals surface area contributed by atoms with Crippen LogP contribution in [0.15, 0.2) is 6.20 Å². The fraction of sp³-hybridized carbons (Fsp3) is 0.667. The number of fused-ring (bicyclic) bond motifs is 1. The van der Waals surface area contributed by atoms with Crippen molar-refractivity contribution in [2.24, 2.45) is 0 Å². The van der Waals surface area contributed by atoms with Crippen LogP contribution in [0.5, 0.6) is 0 Å². The fourth-order valence-electron chi connectivity index (χ4n) is 1.85. The average Bonchev–Trinajstić information content (AvgIpc) is 2.57. The molecule has 1 aromatic heterocycles. The summed E-state index contributed by atoms with van der Waals surface area (Å²) in [4.78, 5) is 12.0. The van der Waals surface area contributed by atoms with Crippen LogP contribution >= 0.6 is 0 Å². The van der Waals surface area contributed by atoms with Gasteiger partial charge in [0.1, 0.15) is 11.2 Å². The minimum Gasteiger partial charge on any atom is -0.456 e. The summed E-state index contributed by atoms with van der Waals surface area (Å²) >= 11 is 0. The molecule has 0 bridgehead atoms. The zero-order chi connectivity index (χ0) is 12.6. The number of nitrogens with one attached hydrogen (secondary N) is 1. The minimum absolute atomic E-state index is 0.296. The second-order valence-electron chi connectivity index (χ2n) is 5.47. The van der Waals surface area contributed by atoms with Crippen molar-refractivity contribution in [3.8, 4) is 0 Å². The second-order valence-corrected chi connectivity index (χ2v) is 5.47. The maximum atomic E-state index is 12.0. The first-order chi connectivity index (χ1) is 7.87. The number of nitrogens with zero attached hydrogens (tertiary/aromatic N) is 2. The highest BCUT2D eigenvalue weighted by atomic mass is 16.6. The Hall–Kier alpha value is -1.36. The van der Waals surface area contributed by atoms with Crippen molar-refractivity contribution in [1.29, 1.82) is 0 Å². The van der Waals surface area contributed by atoms with Crippen LogP contribution in [0.25, 0.3) is 0 Å². The van der Waals surface area contributed by atoms with Gasteiger partial charge in [0.25, 0.3) is 0 Å². The number of aromatic nitrogens is 2. The Morgan fingerprint density at radius 2 is 2.29 bits per heavy atom. The van der Waals surface area contributed by atoms with Gasteiger partial charge in [-0.25, -0.2) is 4.79 Å². The molecule has 94 valence electrons. The van der Waals surface area contributed by atoms with E-state index in [-0.39, 0.29) is 5.97 Å². The van der Waals surface area contributed by atoms with E-state index in [4.69, 9.17) is 4.74 Å². The molecule has 0 spiro atoms. The van der Waals surface area contributed by atoms with E-state index in [9.17, 15) is 4.79 Å². The van der Waals surface area contributed by atoms with Crippen molar-refractivity contribution < 1.29 is 9.53 Å². The highest BCUT2D eigenvalue weighted by Gasteiger charge is 2.25. The lowest BCUT2D eigenvalue weighted by Gasteiger charge is -2.23. The predicted molar refractivity (Wildman–Crippen MR) is 63.7 cm³/mol. The molecule has 0 aliphatic carbocycles. The normalized spacial score (nSPS) is 19.9. The third-order valence-electron chi connectivity index (χ3n) is 2.63. The van der Waals surface area contributed by atoms with Crippen LogP contribution in [0.2, 0.25) is 0 Å². The highest BCUT2D eigenvalue weighted by Crippen LogP contribution is 2.17. The van der Waals surface area contributed by atoms with Crippen LogP contribution in [0.3, 0.4) is 0 Å². The first-order valence-electron chi connectivity index (χ1n) is 5.88. The molecule has 0 saturated heterocycles. The number of rotatable bonds is 1. The zero-order valence-corrected chi connectivity index (χ0v) is 10.8. The molecule has 0 amide bonds. The lowest BCUT2D eigenvalue weighted by Crippen LogP contribution is -2.37. The molecule has 0 saturated carbocycles. The molecule has 1 aromatic rings. The molecule has 1 unspecified atom stereocenters. The summed E-state index contributed by atoms with van der Waals surface area (Å²) in [5, 5.41) is 7.55. The van der Waals surface area contributed by atoms with Crippen molar-refractivity contribution in [2.45, 2.75) is 52.4 Å². The number of hydrogen-bond acceptors (Lipinski definition) is 4. The summed E-state index contributed by atoms with van der Waals surface area (Å²) in [6.45, 7) is 9.13. The van der Waals surface area contributed by atoms with Gasteiger partial charge in [-0.1, -0.05) is 0 Å². The number of hydrogen-bond donors (Lipinski definition) is 1. The molecule has 0 aromatic carbocycles. The van der Waals surface area contributed by atoms with E-state index in [0.29, 0.717) is 18.2 Å².